The summed E-state index contributed by atoms with van der Waals surface area (Å²) >= 11 is 0. The van der Waals surface area contributed by atoms with Gasteiger partial charge in [0.15, 0.2) is 9.84 Å². The third kappa shape index (κ3) is 3.27. The molecule has 1 heterocycles. The Morgan fingerprint density at radius 2 is 2.08 bits per heavy atom. The second-order valence-corrected chi connectivity index (χ2v) is 6.82. The van der Waals surface area contributed by atoms with Crippen LogP contribution in [0.25, 0.3) is 0 Å². The fraction of sp³-hybridized carbons (Fsp3) is 1.00. The van der Waals surface area contributed by atoms with Crippen molar-refractivity contribution >= 4 is 9.84 Å². The number of hydrogen-bond acceptors (Lipinski definition) is 3. The van der Waals surface area contributed by atoms with Crippen LogP contribution in [0.4, 0.5) is 0 Å². The van der Waals surface area contributed by atoms with Gasteiger partial charge < -0.3 is 5.73 Å². The molecule has 1 rings (SSSR count). The summed E-state index contributed by atoms with van der Waals surface area (Å²) in [6.45, 7) is 4.26. The summed E-state index contributed by atoms with van der Waals surface area (Å²) in [6, 6.07) is 0. The van der Waals surface area contributed by atoms with Crippen molar-refractivity contribution < 1.29 is 8.42 Å². The fourth-order valence-corrected chi connectivity index (χ4v) is 3.74. The van der Waals surface area contributed by atoms with E-state index < -0.39 is 15.4 Å². The summed E-state index contributed by atoms with van der Waals surface area (Å²) in [6.07, 6.45) is 2.50. The van der Waals surface area contributed by atoms with E-state index in [2.05, 4.69) is 13.8 Å². The minimum atomic E-state index is -2.83. The zero-order valence-corrected chi connectivity index (χ0v) is 9.23. The van der Waals surface area contributed by atoms with E-state index in [0.29, 0.717) is 12.3 Å². The van der Waals surface area contributed by atoms with Crippen molar-refractivity contribution in [3.8, 4) is 0 Å². The van der Waals surface area contributed by atoms with E-state index in [9.17, 15) is 8.42 Å². The van der Waals surface area contributed by atoms with Gasteiger partial charge in [0.05, 0.1) is 11.5 Å². The lowest BCUT2D eigenvalue weighted by molar-refractivity contribution is 0.392. The van der Waals surface area contributed by atoms with Crippen molar-refractivity contribution in [2.75, 3.05) is 11.5 Å². The van der Waals surface area contributed by atoms with E-state index >= 15 is 0 Å². The molecule has 1 aliphatic heterocycles. The molecule has 0 bridgehead atoms. The summed E-state index contributed by atoms with van der Waals surface area (Å²) in [5, 5.41) is 0. The Labute approximate surface area is 80.6 Å². The molecule has 0 saturated carbocycles. The van der Waals surface area contributed by atoms with Gasteiger partial charge in [-0.15, -0.1) is 0 Å². The number of hydrogen-bond donors (Lipinski definition) is 1. The average molecular weight is 205 g/mol. The Bertz CT molecular complexity index is 271. The quantitative estimate of drug-likeness (QED) is 0.746. The van der Waals surface area contributed by atoms with Gasteiger partial charge in [0.25, 0.3) is 0 Å². The predicted octanol–water partition coefficient (Wildman–Crippen LogP) is 0.939. The van der Waals surface area contributed by atoms with E-state index in [0.717, 1.165) is 12.8 Å². The summed E-state index contributed by atoms with van der Waals surface area (Å²) < 4.78 is 22.4. The minimum absolute atomic E-state index is 0.187. The molecular formula is C9H19NO2S. The molecule has 0 radical (unpaired) electrons. The zero-order chi connectivity index (χ0) is 10.1. The van der Waals surface area contributed by atoms with Crippen LogP contribution in [0.5, 0.6) is 0 Å². The van der Waals surface area contributed by atoms with Crippen molar-refractivity contribution in [3.05, 3.63) is 0 Å². The molecule has 3 nitrogen and oxygen atoms in total. The highest BCUT2D eigenvalue weighted by Crippen LogP contribution is 2.26. The summed E-state index contributed by atoms with van der Waals surface area (Å²) in [7, 11) is -2.83. The Morgan fingerprint density at radius 3 is 2.46 bits per heavy atom. The molecule has 0 aromatic rings. The maximum absolute atomic E-state index is 11.2. The first-order valence-corrected chi connectivity index (χ1v) is 6.64. The number of rotatable bonds is 3. The highest BCUT2D eigenvalue weighted by atomic mass is 32.2. The number of nitrogens with two attached hydrogens (primary N) is 1. The van der Waals surface area contributed by atoms with E-state index in [1.165, 1.54) is 0 Å². The van der Waals surface area contributed by atoms with Crippen molar-refractivity contribution in [1.82, 2.24) is 0 Å². The standard InChI is InChI=1S/C9H19NO2S/c1-8(2)3-4-9(10)5-6-13(11,12)7-9/h8H,3-7,10H2,1-2H3. The van der Waals surface area contributed by atoms with Crippen LogP contribution < -0.4 is 5.73 Å². The first-order valence-electron chi connectivity index (χ1n) is 4.82. The van der Waals surface area contributed by atoms with Gasteiger partial charge in [-0.05, 0) is 25.2 Å². The van der Waals surface area contributed by atoms with Crippen LogP contribution >= 0.6 is 0 Å². The second kappa shape index (κ2) is 3.58. The average Bonchev–Trinajstić information content (AvgIpc) is 2.23. The first-order chi connectivity index (χ1) is 5.83. The highest BCUT2D eigenvalue weighted by molar-refractivity contribution is 7.91. The van der Waals surface area contributed by atoms with Gasteiger partial charge >= 0.3 is 0 Å². The second-order valence-electron chi connectivity index (χ2n) is 4.64. The van der Waals surface area contributed by atoms with Crippen LogP contribution in [-0.4, -0.2) is 25.5 Å². The fourth-order valence-electron chi connectivity index (χ4n) is 1.71. The van der Waals surface area contributed by atoms with Crippen LogP contribution in [-0.2, 0) is 9.84 Å². The van der Waals surface area contributed by atoms with Crippen LogP contribution in [0, 0.1) is 5.92 Å². The minimum Gasteiger partial charge on any atom is -0.324 e. The molecular weight excluding hydrogens is 186 g/mol. The number of sulfone groups is 1. The van der Waals surface area contributed by atoms with E-state index in [1.54, 1.807) is 0 Å². The van der Waals surface area contributed by atoms with Crippen molar-refractivity contribution in [3.63, 3.8) is 0 Å². The van der Waals surface area contributed by atoms with Crippen LogP contribution in [0.3, 0.4) is 0 Å². The first kappa shape index (κ1) is 11.0. The SMILES string of the molecule is CC(C)CCC1(N)CCS(=O)(=O)C1. The monoisotopic (exact) mass is 205 g/mol. The molecule has 1 atom stereocenters. The van der Waals surface area contributed by atoms with Gasteiger partial charge in [-0.2, -0.15) is 0 Å². The maximum atomic E-state index is 11.2. The smallest absolute Gasteiger partial charge is 0.152 e. The van der Waals surface area contributed by atoms with Gasteiger partial charge in [0.1, 0.15) is 0 Å². The van der Waals surface area contributed by atoms with Crippen LogP contribution in [0.1, 0.15) is 33.1 Å². The van der Waals surface area contributed by atoms with E-state index in [4.69, 9.17) is 5.73 Å². The molecule has 0 amide bonds. The Kier molecular flexibility index (Phi) is 3.02. The van der Waals surface area contributed by atoms with E-state index in [-0.39, 0.29) is 11.5 Å². The highest BCUT2D eigenvalue weighted by Gasteiger charge is 2.38. The van der Waals surface area contributed by atoms with Gasteiger partial charge in [0, 0.05) is 5.54 Å². The van der Waals surface area contributed by atoms with Gasteiger partial charge in [-0.3, -0.25) is 0 Å². The van der Waals surface area contributed by atoms with Crippen LogP contribution in [0.15, 0.2) is 0 Å². The Morgan fingerprint density at radius 1 is 1.46 bits per heavy atom. The molecule has 2 N–H and O–H groups in total. The zero-order valence-electron chi connectivity index (χ0n) is 8.41. The lowest BCUT2D eigenvalue weighted by Crippen LogP contribution is -2.41. The van der Waals surface area contributed by atoms with Crippen molar-refractivity contribution in [2.45, 2.75) is 38.6 Å². The predicted molar refractivity (Wildman–Crippen MR) is 54.3 cm³/mol. The van der Waals surface area contributed by atoms with Gasteiger partial charge in [-0.1, -0.05) is 13.8 Å². The van der Waals surface area contributed by atoms with Gasteiger partial charge in [0.2, 0.25) is 0 Å². The molecule has 1 saturated heterocycles. The summed E-state index contributed by atoms with van der Waals surface area (Å²) in [4.78, 5) is 0. The molecule has 4 heteroatoms. The third-order valence-corrected chi connectivity index (χ3v) is 4.48. The third-order valence-electron chi connectivity index (χ3n) is 2.64. The molecule has 13 heavy (non-hydrogen) atoms. The Hall–Kier alpha value is -0.0900. The molecule has 1 aliphatic rings. The maximum Gasteiger partial charge on any atom is 0.152 e. The van der Waals surface area contributed by atoms with Crippen molar-refractivity contribution in [2.24, 2.45) is 11.7 Å². The summed E-state index contributed by atoms with van der Waals surface area (Å²) in [5.74, 6) is 1.07. The van der Waals surface area contributed by atoms with Gasteiger partial charge in [-0.25, -0.2) is 8.42 Å². The normalized spacial score (nSPS) is 32.6. The molecule has 1 unspecified atom stereocenters. The summed E-state index contributed by atoms with van der Waals surface area (Å²) in [5.41, 5.74) is 5.58. The largest absolute Gasteiger partial charge is 0.324 e. The lowest BCUT2D eigenvalue weighted by Gasteiger charge is -2.22. The molecule has 0 aromatic carbocycles. The lowest BCUT2D eigenvalue weighted by atomic mass is 9.91. The molecule has 0 spiro atoms. The van der Waals surface area contributed by atoms with Crippen LogP contribution in [0.2, 0.25) is 0 Å². The van der Waals surface area contributed by atoms with Crippen molar-refractivity contribution in [1.29, 1.82) is 0 Å². The molecule has 1 fully saturated rings. The Balaban J connectivity index is 2.50. The topological polar surface area (TPSA) is 60.2 Å². The molecule has 0 aromatic heterocycles. The molecule has 0 aliphatic carbocycles. The molecule has 78 valence electrons. The van der Waals surface area contributed by atoms with E-state index in [1.807, 2.05) is 0 Å².